The first-order valence-electron chi connectivity index (χ1n) is 8.71. The fourth-order valence-corrected chi connectivity index (χ4v) is 3.48. The van der Waals surface area contributed by atoms with Crippen LogP contribution in [0.2, 0.25) is 15.1 Å². The van der Waals surface area contributed by atoms with Gasteiger partial charge in [-0.1, -0.05) is 46.9 Å². The van der Waals surface area contributed by atoms with Crippen LogP contribution in [-0.2, 0) is 12.8 Å². The smallest absolute Gasteiger partial charge is 0.272 e. The van der Waals surface area contributed by atoms with Crippen LogP contribution in [0.25, 0.3) is 0 Å². The zero-order valence-electron chi connectivity index (χ0n) is 15.4. The average molecular weight is 453 g/mol. The van der Waals surface area contributed by atoms with Crippen molar-refractivity contribution in [2.45, 2.75) is 26.2 Å². The highest BCUT2D eigenvalue weighted by atomic mass is 35.5. The molecule has 0 atom stereocenters. The number of rotatable bonds is 7. The van der Waals surface area contributed by atoms with Gasteiger partial charge in [-0.05, 0) is 43.9 Å². The molecular weight excluding hydrogens is 437 g/mol. The second-order valence-corrected chi connectivity index (χ2v) is 7.51. The first kappa shape index (κ1) is 21.3. The van der Waals surface area contributed by atoms with Crippen molar-refractivity contribution in [1.82, 2.24) is 9.97 Å². The standard InChI is InChI=1S/C20H16Cl3N3O3/c1-12-19(23)18(25-11-24-12)4-2-3-13-5-7-15(8-6-13)29-20-16(21)9-14(26(27)28)10-17(20)22/h5-11H,2-4H2,1H3. The summed E-state index contributed by atoms with van der Waals surface area (Å²) >= 11 is 18.4. The summed E-state index contributed by atoms with van der Waals surface area (Å²) < 4.78 is 5.71. The average Bonchev–Trinajstić information content (AvgIpc) is 2.69. The van der Waals surface area contributed by atoms with Gasteiger partial charge in [-0.3, -0.25) is 10.1 Å². The molecule has 0 bridgehead atoms. The molecule has 0 fully saturated rings. The molecule has 9 heteroatoms. The third-order valence-corrected chi connectivity index (χ3v) is 5.31. The molecule has 29 heavy (non-hydrogen) atoms. The molecule has 150 valence electrons. The summed E-state index contributed by atoms with van der Waals surface area (Å²) in [6.45, 7) is 1.86. The lowest BCUT2D eigenvalue weighted by atomic mass is 10.1. The van der Waals surface area contributed by atoms with Crippen LogP contribution in [-0.4, -0.2) is 14.9 Å². The first-order valence-corrected chi connectivity index (χ1v) is 9.84. The number of halogens is 3. The van der Waals surface area contributed by atoms with E-state index >= 15 is 0 Å². The highest BCUT2D eigenvalue weighted by Crippen LogP contribution is 2.39. The zero-order chi connectivity index (χ0) is 21.0. The van der Waals surface area contributed by atoms with Gasteiger partial charge in [0, 0.05) is 12.1 Å². The quantitative estimate of drug-likeness (QED) is 0.297. The molecule has 0 aliphatic rings. The Morgan fingerprint density at radius 2 is 1.69 bits per heavy atom. The minimum absolute atomic E-state index is 0.0744. The molecule has 0 spiro atoms. The Labute approximate surface area is 182 Å². The summed E-state index contributed by atoms with van der Waals surface area (Å²) in [5.74, 6) is 0.710. The number of aromatic nitrogens is 2. The van der Waals surface area contributed by atoms with Gasteiger partial charge in [0.25, 0.3) is 5.69 Å². The first-order chi connectivity index (χ1) is 13.8. The maximum atomic E-state index is 10.9. The normalized spacial score (nSPS) is 10.8. The Bertz CT molecular complexity index is 1020. The molecule has 0 aliphatic carbocycles. The molecule has 1 heterocycles. The van der Waals surface area contributed by atoms with Gasteiger partial charge in [-0.15, -0.1) is 0 Å². The zero-order valence-corrected chi connectivity index (χ0v) is 17.6. The lowest BCUT2D eigenvalue weighted by Gasteiger charge is -2.10. The molecule has 0 saturated heterocycles. The van der Waals surface area contributed by atoms with Crippen molar-refractivity contribution in [3.05, 3.63) is 84.9 Å². The van der Waals surface area contributed by atoms with Crippen molar-refractivity contribution >= 4 is 40.5 Å². The Morgan fingerprint density at radius 3 is 2.31 bits per heavy atom. The van der Waals surface area contributed by atoms with Crippen LogP contribution in [0.4, 0.5) is 5.69 Å². The predicted octanol–water partition coefficient (Wildman–Crippen LogP) is 6.62. The molecule has 0 radical (unpaired) electrons. The number of aryl methyl sites for hydroxylation is 3. The molecule has 2 aromatic carbocycles. The van der Waals surface area contributed by atoms with E-state index in [1.807, 2.05) is 19.1 Å². The Balaban J connectivity index is 1.62. The number of benzene rings is 2. The fourth-order valence-electron chi connectivity index (χ4n) is 2.73. The van der Waals surface area contributed by atoms with Crippen LogP contribution < -0.4 is 4.74 Å². The van der Waals surface area contributed by atoms with Crippen molar-refractivity contribution in [2.24, 2.45) is 0 Å². The van der Waals surface area contributed by atoms with E-state index in [9.17, 15) is 10.1 Å². The van der Waals surface area contributed by atoms with Crippen LogP contribution in [0.1, 0.15) is 23.4 Å². The van der Waals surface area contributed by atoms with E-state index < -0.39 is 4.92 Å². The Kier molecular flexibility index (Phi) is 6.90. The SMILES string of the molecule is Cc1ncnc(CCCc2ccc(Oc3c(Cl)cc([N+](=O)[O-])cc3Cl)cc2)c1Cl. The molecular formula is C20H16Cl3N3O3. The summed E-state index contributed by atoms with van der Waals surface area (Å²) in [7, 11) is 0. The highest BCUT2D eigenvalue weighted by Gasteiger charge is 2.16. The van der Waals surface area contributed by atoms with Gasteiger partial charge in [0.15, 0.2) is 5.75 Å². The van der Waals surface area contributed by atoms with E-state index in [2.05, 4.69) is 9.97 Å². The van der Waals surface area contributed by atoms with Crippen LogP contribution in [0.3, 0.4) is 0 Å². The number of hydrogen-bond donors (Lipinski definition) is 0. The van der Waals surface area contributed by atoms with Crippen molar-refractivity contribution in [3.63, 3.8) is 0 Å². The van der Waals surface area contributed by atoms with Crippen molar-refractivity contribution in [3.8, 4) is 11.5 Å². The van der Waals surface area contributed by atoms with Gasteiger partial charge in [-0.2, -0.15) is 0 Å². The van der Waals surface area contributed by atoms with E-state index in [1.54, 1.807) is 12.1 Å². The molecule has 0 saturated carbocycles. The van der Waals surface area contributed by atoms with Gasteiger partial charge in [0.05, 0.1) is 31.4 Å². The van der Waals surface area contributed by atoms with Crippen molar-refractivity contribution < 1.29 is 9.66 Å². The second kappa shape index (κ2) is 9.39. The molecule has 0 aliphatic heterocycles. The van der Waals surface area contributed by atoms with Gasteiger partial charge in [-0.25, -0.2) is 9.97 Å². The van der Waals surface area contributed by atoms with Gasteiger partial charge < -0.3 is 4.74 Å². The maximum absolute atomic E-state index is 10.9. The largest absolute Gasteiger partial charge is 0.454 e. The van der Waals surface area contributed by atoms with Crippen LogP contribution >= 0.6 is 34.8 Å². The van der Waals surface area contributed by atoms with Crippen molar-refractivity contribution in [1.29, 1.82) is 0 Å². The van der Waals surface area contributed by atoms with Crippen LogP contribution in [0.15, 0.2) is 42.7 Å². The topological polar surface area (TPSA) is 78.2 Å². The lowest BCUT2D eigenvalue weighted by molar-refractivity contribution is -0.384. The van der Waals surface area contributed by atoms with E-state index in [1.165, 1.54) is 18.5 Å². The van der Waals surface area contributed by atoms with Crippen LogP contribution in [0.5, 0.6) is 11.5 Å². The van der Waals surface area contributed by atoms with Crippen LogP contribution in [0, 0.1) is 17.0 Å². The minimum atomic E-state index is -0.563. The third-order valence-electron chi connectivity index (χ3n) is 4.25. The number of nitro groups is 1. The van der Waals surface area contributed by atoms with Gasteiger partial charge in [0.2, 0.25) is 0 Å². The minimum Gasteiger partial charge on any atom is -0.454 e. The fraction of sp³-hybridized carbons (Fsp3) is 0.200. The summed E-state index contributed by atoms with van der Waals surface area (Å²) in [6, 6.07) is 9.88. The molecule has 3 rings (SSSR count). The number of nitrogens with zero attached hydrogens (tertiary/aromatic N) is 3. The number of non-ortho nitro benzene ring substituents is 1. The summed E-state index contributed by atoms with van der Waals surface area (Å²) in [6.07, 6.45) is 4.01. The Morgan fingerprint density at radius 1 is 1.03 bits per heavy atom. The third kappa shape index (κ3) is 5.35. The number of nitro benzene ring substituents is 1. The lowest BCUT2D eigenvalue weighted by Crippen LogP contribution is -1.97. The highest BCUT2D eigenvalue weighted by molar-refractivity contribution is 6.37. The predicted molar refractivity (Wildman–Crippen MR) is 113 cm³/mol. The number of hydrogen-bond acceptors (Lipinski definition) is 5. The summed E-state index contributed by atoms with van der Waals surface area (Å²) in [5, 5.41) is 11.6. The van der Waals surface area contributed by atoms with E-state index in [0.717, 1.165) is 36.2 Å². The molecule has 0 amide bonds. The maximum Gasteiger partial charge on any atom is 0.272 e. The van der Waals surface area contributed by atoms with Gasteiger partial charge in [0.1, 0.15) is 12.1 Å². The monoisotopic (exact) mass is 451 g/mol. The van der Waals surface area contributed by atoms with Gasteiger partial charge >= 0.3 is 0 Å². The van der Waals surface area contributed by atoms with E-state index in [4.69, 9.17) is 39.5 Å². The number of ether oxygens (including phenoxy) is 1. The van der Waals surface area contributed by atoms with E-state index in [-0.39, 0.29) is 21.5 Å². The van der Waals surface area contributed by atoms with Crippen molar-refractivity contribution in [2.75, 3.05) is 0 Å². The summed E-state index contributed by atoms with van der Waals surface area (Å²) in [5.41, 5.74) is 2.56. The molecule has 1 aromatic heterocycles. The molecule has 0 unspecified atom stereocenters. The molecule has 6 nitrogen and oxygen atoms in total. The summed E-state index contributed by atoms with van der Waals surface area (Å²) in [4.78, 5) is 18.6. The molecule has 0 N–H and O–H groups in total. The van der Waals surface area contributed by atoms with E-state index in [0.29, 0.717) is 10.8 Å². The Hall–Kier alpha value is -2.41. The molecule has 3 aromatic rings. The second-order valence-electron chi connectivity index (χ2n) is 6.31.